The summed E-state index contributed by atoms with van der Waals surface area (Å²) < 4.78 is 1.97. The molecule has 0 spiro atoms. The van der Waals surface area contributed by atoms with Crippen molar-refractivity contribution in [3.63, 3.8) is 0 Å². The minimum atomic E-state index is 0.456. The van der Waals surface area contributed by atoms with E-state index >= 15 is 0 Å². The number of hydrogen-bond donors (Lipinski definition) is 0. The number of nitrogens with zero attached hydrogens (tertiary/aromatic N) is 2. The van der Waals surface area contributed by atoms with Crippen LogP contribution in [0.3, 0.4) is 0 Å². The van der Waals surface area contributed by atoms with Crippen molar-refractivity contribution in [2.75, 3.05) is 5.88 Å². The molecule has 0 N–H and O–H groups in total. The molecule has 2 rings (SSSR count). The lowest BCUT2D eigenvalue weighted by molar-refractivity contribution is 0.550. The number of benzene rings is 1. The van der Waals surface area contributed by atoms with E-state index in [1.54, 1.807) is 0 Å². The summed E-state index contributed by atoms with van der Waals surface area (Å²) in [7, 11) is 2.00. The molecular formula is C16H21ClN2. The average molecular weight is 277 g/mol. The fraction of sp³-hybridized carbons (Fsp3) is 0.438. The summed E-state index contributed by atoms with van der Waals surface area (Å²) in [6, 6.07) is 10.7. The van der Waals surface area contributed by atoms with Gasteiger partial charge in [-0.25, -0.2) is 0 Å². The number of alkyl halides is 1. The van der Waals surface area contributed by atoms with Crippen molar-refractivity contribution >= 4 is 11.6 Å². The summed E-state index contributed by atoms with van der Waals surface area (Å²) in [5.41, 5.74) is 5.07. The first-order valence-corrected chi connectivity index (χ1v) is 7.23. The summed E-state index contributed by atoms with van der Waals surface area (Å²) in [5.74, 6) is 1.14. The SMILES string of the molecule is Cc1cc(CC(CCl)Cc2ccccc2C)n(C)n1. The summed E-state index contributed by atoms with van der Waals surface area (Å²) >= 11 is 6.15. The minimum Gasteiger partial charge on any atom is -0.272 e. The molecule has 1 unspecified atom stereocenters. The second kappa shape index (κ2) is 6.25. The molecule has 1 aromatic heterocycles. The smallest absolute Gasteiger partial charge is 0.0596 e. The maximum Gasteiger partial charge on any atom is 0.0596 e. The van der Waals surface area contributed by atoms with Gasteiger partial charge in [-0.2, -0.15) is 5.10 Å². The van der Waals surface area contributed by atoms with Gasteiger partial charge in [-0.1, -0.05) is 24.3 Å². The molecule has 0 aliphatic carbocycles. The van der Waals surface area contributed by atoms with Crippen LogP contribution in [0.4, 0.5) is 0 Å². The number of aryl methyl sites for hydroxylation is 3. The van der Waals surface area contributed by atoms with E-state index in [0.717, 1.165) is 18.5 Å². The highest BCUT2D eigenvalue weighted by atomic mass is 35.5. The van der Waals surface area contributed by atoms with Gasteiger partial charge in [-0.3, -0.25) is 4.68 Å². The Hall–Kier alpha value is -1.28. The molecule has 2 aromatic rings. The van der Waals surface area contributed by atoms with Gasteiger partial charge in [0.25, 0.3) is 0 Å². The second-order valence-electron chi connectivity index (χ2n) is 5.26. The number of aromatic nitrogens is 2. The van der Waals surface area contributed by atoms with Crippen LogP contribution in [0, 0.1) is 19.8 Å². The molecular weight excluding hydrogens is 256 g/mol. The lowest BCUT2D eigenvalue weighted by atomic mass is 9.94. The van der Waals surface area contributed by atoms with Crippen LogP contribution in [0.15, 0.2) is 30.3 Å². The first-order chi connectivity index (χ1) is 9.10. The van der Waals surface area contributed by atoms with E-state index in [0.29, 0.717) is 11.8 Å². The van der Waals surface area contributed by atoms with Crippen LogP contribution in [0.5, 0.6) is 0 Å². The van der Waals surface area contributed by atoms with Crippen LogP contribution >= 0.6 is 11.6 Å². The monoisotopic (exact) mass is 276 g/mol. The number of rotatable bonds is 5. The average Bonchev–Trinajstić information content (AvgIpc) is 2.69. The summed E-state index contributed by atoms with van der Waals surface area (Å²) in [6.07, 6.45) is 2.01. The Bertz CT molecular complexity index is 545. The van der Waals surface area contributed by atoms with E-state index in [-0.39, 0.29) is 0 Å². The highest BCUT2D eigenvalue weighted by Gasteiger charge is 2.13. The van der Waals surface area contributed by atoms with Crippen molar-refractivity contribution in [1.29, 1.82) is 0 Å². The Labute approximate surface area is 120 Å². The number of halogens is 1. The Morgan fingerprint density at radius 1 is 1.21 bits per heavy atom. The molecule has 0 bridgehead atoms. The Morgan fingerprint density at radius 2 is 1.95 bits per heavy atom. The van der Waals surface area contributed by atoms with Gasteiger partial charge in [0.15, 0.2) is 0 Å². The molecule has 0 aliphatic rings. The van der Waals surface area contributed by atoms with E-state index in [9.17, 15) is 0 Å². The van der Waals surface area contributed by atoms with Crippen molar-refractivity contribution in [3.05, 3.63) is 52.8 Å². The van der Waals surface area contributed by atoms with Gasteiger partial charge >= 0.3 is 0 Å². The van der Waals surface area contributed by atoms with E-state index in [2.05, 4.69) is 42.4 Å². The predicted molar refractivity (Wildman–Crippen MR) is 80.7 cm³/mol. The minimum absolute atomic E-state index is 0.456. The van der Waals surface area contributed by atoms with Crippen LogP contribution in [0.1, 0.15) is 22.5 Å². The second-order valence-corrected chi connectivity index (χ2v) is 5.56. The van der Waals surface area contributed by atoms with Crippen LogP contribution in [-0.4, -0.2) is 15.7 Å². The van der Waals surface area contributed by atoms with E-state index in [1.807, 2.05) is 18.7 Å². The molecule has 0 amide bonds. The molecule has 3 heteroatoms. The molecule has 0 fully saturated rings. The molecule has 0 saturated heterocycles. The first-order valence-electron chi connectivity index (χ1n) is 6.70. The van der Waals surface area contributed by atoms with Gasteiger partial charge in [-0.15, -0.1) is 11.6 Å². The molecule has 2 nitrogen and oxygen atoms in total. The standard InChI is InChI=1S/C16H21ClN2/c1-12-6-4-5-7-15(12)9-14(11-17)10-16-8-13(2)18-19(16)3/h4-8,14H,9-11H2,1-3H3. The Morgan fingerprint density at radius 3 is 2.53 bits per heavy atom. The van der Waals surface area contributed by atoms with E-state index in [4.69, 9.17) is 11.6 Å². The first kappa shape index (κ1) is 14.1. The molecule has 19 heavy (non-hydrogen) atoms. The highest BCUT2D eigenvalue weighted by molar-refractivity contribution is 6.18. The maximum absolute atomic E-state index is 6.15. The van der Waals surface area contributed by atoms with Gasteiger partial charge in [0.2, 0.25) is 0 Å². The molecule has 0 radical (unpaired) electrons. The fourth-order valence-electron chi connectivity index (χ4n) is 2.48. The number of hydrogen-bond acceptors (Lipinski definition) is 1. The van der Waals surface area contributed by atoms with Gasteiger partial charge in [-0.05, 0) is 49.8 Å². The van der Waals surface area contributed by atoms with Crippen LogP contribution in [0.25, 0.3) is 0 Å². The molecule has 0 aliphatic heterocycles. The predicted octanol–water partition coefficient (Wildman–Crippen LogP) is 3.68. The molecule has 0 saturated carbocycles. The third kappa shape index (κ3) is 3.60. The van der Waals surface area contributed by atoms with Gasteiger partial charge in [0, 0.05) is 18.6 Å². The zero-order valence-corrected chi connectivity index (χ0v) is 12.6. The molecule has 1 atom stereocenters. The van der Waals surface area contributed by atoms with Gasteiger partial charge in [0.05, 0.1) is 5.69 Å². The molecule has 102 valence electrons. The van der Waals surface area contributed by atoms with Crippen molar-refractivity contribution < 1.29 is 0 Å². The van der Waals surface area contributed by atoms with Crippen molar-refractivity contribution in [1.82, 2.24) is 9.78 Å². The topological polar surface area (TPSA) is 17.8 Å². The summed E-state index contributed by atoms with van der Waals surface area (Å²) in [6.45, 7) is 4.19. The van der Waals surface area contributed by atoms with Crippen LogP contribution in [-0.2, 0) is 19.9 Å². The largest absolute Gasteiger partial charge is 0.272 e. The van der Waals surface area contributed by atoms with E-state index < -0.39 is 0 Å². The normalized spacial score (nSPS) is 12.6. The van der Waals surface area contributed by atoms with Crippen LogP contribution < -0.4 is 0 Å². The Balaban J connectivity index is 2.09. The van der Waals surface area contributed by atoms with Crippen molar-refractivity contribution in [2.45, 2.75) is 26.7 Å². The molecule has 1 heterocycles. The summed E-state index contributed by atoms with van der Waals surface area (Å²) in [5, 5.41) is 4.40. The summed E-state index contributed by atoms with van der Waals surface area (Å²) in [4.78, 5) is 0. The lowest BCUT2D eigenvalue weighted by Crippen LogP contribution is -2.13. The van der Waals surface area contributed by atoms with Gasteiger partial charge < -0.3 is 0 Å². The highest BCUT2D eigenvalue weighted by Crippen LogP contribution is 2.19. The van der Waals surface area contributed by atoms with Crippen molar-refractivity contribution in [2.24, 2.45) is 13.0 Å². The zero-order valence-electron chi connectivity index (χ0n) is 11.9. The van der Waals surface area contributed by atoms with Crippen molar-refractivity contribution in [3.8, 4) is 0 Å². The zero-order chi connectivity index (χ0) is 13.8. The fourth-order valence-corrected chi connectivity index (χ4v) is 2.70. The molecule has 1 aromatic carbocycles. The van der Waals surface area contributed by atoms with Crippen LogP contribution in [0.2, 0.25) is 0 Å². The van der Waals surface area contributed by atoms with E-state index in [1.165, 1.54) is 16.8 Å². The Kier molecular flexibility index (Phi) is 4.65. The van der Waals surface area contributed by atoms with Gasteiger partial charge in [0.1, 0.15) is 0 Å². The quantitative estimate of drug-likeness (QED) is 0.762. The lowest BCUT2D eigenvalue weighted by Gasteiger charge is -2.15. The maximum atomic E-state index is 6.15. The third-order valence-electron chi connectivity index (χ3n) is 3.58. The third-order valence-corrected chi connectivity index (χ3v) is 4.02.